The smallest absolute Gasteiger partial charge is 0.324 e. The molecule has 2 heterocycles. The minimum absolute atomic E-state index is 0.222. The summed E-state index contributed by atoms with van der Waals surface area (Å²) in [4.78, 5) is 38.1. The van der Waals surface area contributed by atoms with Crippen molar-refractivity contribution in [1.82, 2.24) is 10.6 Å². The minimum Gasteiger partial charge on any atom is -0.496 e. The van der Waals surface area contributed by atoms with Crippen molar-refractivity contribution in [3.8, 4) is 5.75 Å². The molecule has 3 fully saturated rings. The Labute approximate surface area is 177 Å². The number of benzene rings is 1. The SMILES string of the molecule is COc1ccc(Br)cc1C1NC(CC2CCCCC2)(C(=O)O)C2C(=O)NC(=O)C12. The molecule has 156 valence electrons. The van der Waals surface area contributed by atoms with Gasteiger partial charge in [-0.2, -0.15) is 0 Å². The van der Waals surface area contributed by atoms with E-state index in [9.17, 15) is 19.5 Å². The Kier molecular flexibility index (Phi) is 5.42. The van der Waals surface area contributed by atoms with Gasteiger partial charge in [0.05, 0.1) is 18.9 Å². The lowest BCUT2D eigenvalue weighted by molar-refractivity contribution is -0.150. The van der Waals surface area contributed by atoms with Gasteiger partial charge in [0.2, 0.25) is 11.8 Å². The van der Waals surface area contributed by atoms with Crippen molar-refractivity contribution in [1.29, 1.82) is 0 Å². The first-order valence-corrected chi connectivity index (χ1v) is 10.9. The fraction of sp³-hybridized carbons (Fsp3) is 0.571. The van der Waals surface area contributed by atoms with Gasteiger partial charge in [0.15, 0.2) is 0 Å². The highest BCUT2D eigenvalue weighted by Gasteiger charge is 2.66. The van der Waals surface area contributed by atoms with E-state index in [1.54, 1.807) is 6.07 Å². The average molecular weight is 465 g/mol. The molecule has 29 heavy (non-hydrogen) atoms. The normalized spacial score (nSPS) is 32.1. The predicted molar refractivity (Wildman–Crippen MR) is 108 cm³/mol. The van der Waals surface area contributed by atoms with Crippen molar-refractivity contribution in [2.45, 2.75) is 50.1 Å². The molecule has 4 atom stereocenters. The highest BCUT2D eigenvalue weighted by Crippen LogP contribution is 2.51. The summed E-state index contributed by atoms with van der Waals surface area (Å²) in [6, 6.07) is 4.79. The molecule has 1 aromatic rings. The number of imide groups is 1. The van der Waals surface area contributed by atoms with Gasteiger partial charge in [0, 0.05) is 16.1 Å². The van der Waals surface area contributed by atoms with Crippen LogP contribution in [0.5, 0.6) is 5.75 Å². The van der Waals surface area contributed by atoms with Gasteiger partial charge in [0.1, 0.15) is 11.3 Å². The number of rotatable bonds is 5. The first kappa shape index (κ1) is 20.3. The summed E-state index contributed by atoms with van der Waals surface area (Å²) in [6.07, 6.45) is 5.55. The molecule has 8 heteroatoms. The van der Waals surface area contributed by atoms with Gasteiger partial charge in [-0.1, -0.05) is 48.0 Å². The Morgan fingerprint density at radius 1 is 1.24 bits per heavy atom. The Balaban J connectivity index is 1.79. The zero-order chi connectivity index (χ0) is 20.8. The molecule has 7 nitrogen and oxygen atoms in total. The third kappa shape index (κ3) is 3.36. The van der Waals surface area contributed by atoms with Gasteiger partial charge in [-0.15, -0.1) is 0 Å². The number of hydrogen-bond acceptors (Lipinski definition) is 5. The molecule has 2 saturated heterocycles. The van der Waals surface area contributed by atoms with E-state index in [2.05, 4.69) is 26.6 Å². The first-order chi connectivity index (χ1) is 13.9. The molecule has 1 aromatic carbocycles. The van der Waals surface area contributed by atoms with Crippen molar-refractivity contribution in [2.75, 3.05) is 7.11 Å². The van der Waals surface area contributed by atoms with Gasteiger partial charge in [-0.25, -0.2) is 0 Å². The lowest BCUT2D eigenvalue weighted by Crippen LogP contribution is -2.56. The van der Waals surface area contributed by atoms with E-state index in [1.807, 2.05) is 12.1 Å². The molecule has 1 aliphatic carbocycles. The van der Waals surface area contributed by atoms with E-state index in [4.69, 9.17) is 4.74 Å². The topological polar surface area (TPSA) is 105 Å². The number of amides is 2. The predicted octanol–water partition coefficient (Wildman–Crippen LogP) is 2.78. The minimum atomic E-state index is -1.47. The van der Waals surface area contributed by atoms with Crippen molar-refractivity contribution >= 4 is 33.7 Å². The Bertz CT molecular complexity index is 853. The molecule has 4 rings (SSSR count). The molecule has 3 N–H and O–H groups in total. The molecule has 0 spiro atoms. The number of carbonyl (C=O) groups excluding carboxylic acids is 2. The van der Waals surface area contributed by atoms with E-state index in [1.165, 1.54) is 7.11 Å². The molecule has 0 radical (unpaired) electrons. The highest BCUT2D eigenvalue weighted by atomic mass is 79.9. The monoisotopic (exact) mass is 464 g/mol. The summed E-state index contributed by atoms with van der Waals surface area (Å²) in [6.45, 7) is 0. The third-order valence-electron chi connectivity index (χ3n) is 6.74. The lowest BCUT2D eigenvalue weighted by atomic mass is 9.72. The summed E-state index contributed by atoms with van der Waals surface area (Å²) in [5.74, 6) is -2.95. The Morgan fingerprint density at radius 3 is 2.62 bits per heavy atom. The maximum atomic E-state index is 12.8. The number of methoxy groups -OCH3 is 1. The maximum Gasteiger partial charge on any atom is 0.324 e. The Hall–Kier alpha value is -1.93. The van der Waals surface area contributed by atoms with Gasteiger partial charge >= 0.3 is 5.97 Å². The van der Waals surface area contributed by atoms with Crippen LogP contribution in [0.15, 0.2) is 22.7 Å². The molecule has 2 aliphatic heterocycles. The maximum absolute atomic E-state index is 12.8. The molecular formula is C21H25BrN2O5. The van der Waals surface area contributed by atoms with Crippen LogP contribution in [0.1, 0.15) is 50.1 Å². The van der Waals surface area contributed by atoms with Crippen LogP contribution < -0.4 is 15.4 Å². The van der Waals surface area contributed by atoms with Crippen LogP contribution in [0.4, 0.5) is 0 Å². The molecule has 0 bridgehead atoms. The second kappa shape index (κ2) is 7.72. The van der Waals surface area contributed by atoms with E-state index < -0.39 is 41.2 Å². The molecule has 1 saturated carbocycles. The second-order valence-electron chi connectivity index (χ2n) is 8.35. The summed E-state index contributed by atoms with van der Waals surface area (Å²) in [5, 5.41) is 15.9. The van der Waals surface area contributed by atoms with Crippen LogP contribution in [0.25, 0.3) is 0 Å². The second-order valence-corrected chi connectivity index (χ2v) is 9.27. The van der Waals surface area contributed by atoms with Crippen LogP contribution in [-0.4, -0.2) is 35.5 Å². The van der Waals surface area contributed by atoms with Crippen molar-refractivity contribution in [3.63, 3.8) is 0 Å². The standard InChI is InChI=1S/C21H25BrN2O5/c1-29-14-8-7-12(22)9-13(14)17-15-16(19(26)23-18(15)25)21(24-17,20(27)28)10-11-5-3-2-4-6-11/h7-9,11,15-17,24H,2-6,10H2,1H3,(H,27,28)(H,23,25,26). The van der Waals surface area contributed by atoms with Crippen molar-refractivity contribution in [3.05, 3.63) is 28.2 Å². The largest absolute Gasteiger partial charge is 0.496 e. The summed E-state index contributed by atoms with van der Waals surface area (Å²) >= 11 is 3.44. The lowest BCUT2D eigenvalue weighted by Gasteiger charge is -2.35. The zero-order valence-electron chi connectivity index (χ0n) is 16.2. The molecular weight excluding hydrogens is 440 g/mol. The number of hydrogen-bond donors (Lipinski definition) is 3. The van der Waals surface area contributed by atoms with Crippen LogP contribution in [-0.2, 0) is 14.4 Å². The van der Waals surface area contributed by atoms with Crippen LogP contribution in [0.2, 0.25) is 0 Å². The average Bonchev–Trinajstić information content (AvgIpc) is 3.20. The molecule has 0 aromatic heterocycles. The number of ether oxygens (including phenoxy) is 1. The van der Waals surface area contributed by atoms with Crippen molar-refractivity contribution in [2.24, 2.45) is 17.8 Å². The van der Waals surface area contributed by atoms with Crippen LogP contribution in [0.3, 0.4) is 0 Å². The van der Waals surface area contributed by atoms with Gasteiger partial charge in [0.25, 0.3) is 0 Å². The molecule has 4 unspecified atom stereocenters. The van der Waals surface area contributed by atoms with Gasteiger partial charge in [-0.05, 0) is 30.5 Å². The number of carboxylic acid groups (broad SMARTS) is 1. The summed E-state index contributed by atoms with van der Waals surface area (Å²) in [7, 11) is 1.53. The van der Waals surface area contributed by atoms with Crippen LogP contribution >= 0.6 is 15.9 Å². The highest BCUT2D eigenvalue weighted by molar-refractivity contribution is 9.10. The first-order valence-electron chi connectivity index (χ1n) is 10.1. The van der Waals surface area contributed by atoms with E-state index in [0.29, 0.717) is 17.7 Å². The fourth-order valence-corrected chi connectivity index (χ4v) is 5.84. The fourth-order valence-electron chi connectivity index (χ4n) is 5.46. The third-order valence-corrected chi connectivity index (χ3v) is 7.23. The van der Waals surface area contributed by atoms with Gasteiger partial charge < -0.3 is 9.84 Å². The Morgan fingerprint density at radius 2 is 1.97 bits per heavy atom. The van der Waals surface area contributed by atoms with E-state index >= 15 is 0 Å². The number of nitrogens with one attached hydrogen (secondary N) is 2. The quantitative estimate of drug-likeness (QED) is 0.578. The number of carboxylic acids is 1. The molecule has 3 aliphatic rings. The van der Waals surface area contributed by atoms with E-state index in [-0.39, 0.29) is 5.92 Å². The number of carbonyl (C=O) groups is 3. The van der Waals surface area contributed by atoms with Crippen LogP contribution in [0, 0.1) is 17.8 Å². The van der Waals surface area contributed by atoms with E-state index in [0.717, 1.165) is 36.6 Å². The zero-order valence-corrected chi connectivity index (χ0v) is 17.8. The summed E-state index contributed by atoms with van der Waals surface area (Å²) < 4.78 is 6.27. The van der Waals surface area contributed by atoms with Crippen molar-refractivity contribution < 1.29 is 24.2 Å². The number of aliphatic carboxylic acids is 1. The summed E-state index contributed by atoms with van der Waals surface area (Å²) in [5.41, 5.74) is -0.797. The number of fused-ring (bicyclic) bond motifs is 1. The van der Waals surface area contributed by atoms with Gasteiger partial charge in [-0.3, -0.25) is 25.0 Å². The number of halogens is 1. The molecule has 2 amide bonds.